The Morgan fingerprint density at radius 3 is 1.76 bits per heavy atom. The van der Waals surface area contributed by atoms with Gasteiger partial charge in [0.1, 0.15) is 19.8 Å². The van der Waals surface area contributed by atoms with Crippen molar-refractivity contribution in [1.29, 1.82) is 0 Å². The number of esters is 1. The first kappa shape index (κ1) is 46.9. The lowest BCUT2D eigenvalue weighted by molar-refractivity contribution is -0.172. The summed E-state index contributed by atoms with van der Waals surface area (Å²) in [5, 5.41) is 2.63. The summed E-state index contributed by atoms with van der Waals surface area (Å²) in [5.41, 5.74) is 3.58. The average Bonchev–Trinajstić information content (AvgIpc) is 3.36. The quantitative estimate of drug-likeness (QED) is 0.0318. The number of urea groups is 1. The summed E-state index contributed by atoms with van der Waals surface area (Å²) in [5.74, 6) is -2.23. The number of hydrogen-bond acceptors (Lipinski definition) is 9. The number of piperidine rings is 1. The molecule has 3 fully saturated rings. The van der Waals surface area contributed by atoms with Crippen molar-refractivity contribution in [2.75, 3.05) is 39.3 Å². The van der Waals surface area contributed by atoms with Crippen LogP contribution in [-0.4, -0.2) is 107 Å². The molecule has 1 N–H and O–H groups in total. The minimum Gasteiger partial charge on any atom is -0.459 e. The molecule has 0 saturated carbocycles. The van der Waals surface area contributed by atoms with Crippen molar-refractivity contribution in [3.8, 4) is 0 Å². The number of hydrogen-bond donors (Lipinski definition) is 1. The highest BCUT2D eigenvalue weighted by Gasteiger charge is 2.57. The SMILES string of the molecule is O=C(/N=C(\NC(=O)OCc1ccccc1)N1CCCC(CC2C(=O)N(C(=O)N3CCN(C(=O)CCCCCc4ccccc4)CC3)C2C(=O)OCc2ccccc2)C1)OCc1ccccc1. The molecular formula is C51H58N6O9. The monoisotopic (exact) mass is 898 g/mol. The number of ether oxygens (including phenoxy) is 3. The summed E-state index contributed by atoms with van der Waals surface area (Å²) in [6, 6.07) is 36.0. The molecule has 3 aliphatic heterocycles. The minimum absolute atomic E-state index is 0.00841. The summed E-state index contributed by atoms with van der Waals surface area (Å²) in [6.45, 7) is 1.76. The van der Waals surface area contributed by atoms with Crippen LogP contribution in [0, 0.1) is 11.8 Å². The Morgan fingerprint density at radius 2 is 1.15 bits per heavy atom. The number of carbonyl (C=O) groups is 6. The Bertz CT molecular complexity index is 2270. The van der Waals surface area contributed by atoms with Crippen molar-refractivity contribution in [2.24, 2.45) is 16.8 Å². The number of aryl methyl sites for hydroxylation is 1. The number of β-lactam (4-membered cyclic amide) rings is 1. The number of nitrogens with one attached hydrogen (secondary N) is 1. The van der Waals surface area contributed by atoms with Gasteiger partial charge in [-0.05, 0) is 66.7 Å². The van der Waals surface area contributed by atoms with Crippen LogP contribution in [0.4, 0.5) is 14.4 Å². The van der Waals surface area contributed by atoms with Gasteiger partial charge in [-0.15, -0.1) is 4.99 Å². The highest BCUT2D eigenvalue weighted by Crippen LogP contribution is 2.37. The van der Waals surface area contributed by atoms with Crippen molar-refractivity contribution >= 4 is 42.0 Å². The average molecular weight is 899 g/mol. The van der Waals surface area contributed by atoms with Gasteiger partial charge in [0.05, 0.1) is 5.92 Å². The van der Waals surface area contributed by atoms with Gasteiger partial charge in [-0.1, -0.05) is 128 Å². The van der Waals surface area contributed by atoms with Crippen LogP contribution in [0.1, 0.15) is 67.2 Å². The zero-order chi connectivity index (χ0) is 46.1. The summed E-state index contributed by atoms with van der Waals surface area (Å²) in [7, 11) is 0. The third-order valence-corrected chi connectivity index (χ3v) is 12.2. The predicted octanol–water partition coefficient (Wildman–Crippen LogP) is 7.35. The molecule has 3 heterocycles. The number of guanidine groups is 1. The standard InChI is InChI=1S/C51H58N6O9/c58-44(27-15-5-8-19-38-17-6-1-7-18-38)54-29-31-55(32-30-54)51(63)57-45(47(60)64-35-39-20-9-2-10-21-39)43(46(57)59)33-42-26-16-28-56(34-42)48(52-49(61)65-36-40-22-11-3-12-23-40)53-50(62)66-37-41-24-13-4-14-25-41/h1-4,6-7,9-14,17-18,20-25,42-43,45H,5,8,15-16,19,26-37H2,(H,52,53,61,62). The van der Waals surface area contributed by atoms with E-state index in [9.17, 15) is 28.8 Å². The summed E-state index contributed by atoms with van der Waals surface area (Å²) in [4.78, 5) is 91.5. The van der Waals surface area contributed by atoms with E-state index in [2.05, 4.69) is 22.4 Å². The molecule has 0 radical (unpaired) electrons. The second-order valence-corrected chi connectivity index (χ2v) is 16.9. The molecule has 3 aliphatic rings. The number of aliphatic imine (C=N–C) groups is 1. The third-order valence-electron chi connectivity index (χ3n) is 12.2. The zero-order valence-corrected chi connectivity index (χ0v) is 37.2. The van der Waals surface area contributed by atoms with Gasteiger partial charge in [-0.25, -0.2) is 24.1 Å². The molecule has 3 saturated heterocycles. The maximum absolute atomic E-state index is 14.1. The molecule has 7 rings (SSSR count). The molecular weight excluding hydrogens is 841 g/mol. The highest BCUT2D eigenvalue weighted by molar-refractivity contribution is 6.08. The molecule has 66 heavy (non-hydrogen) atoms. The fourth-order valence-corrected chi connectivity index (χ4v) is 8.63. The maximum atomic E-state index is 14.1. The molecule has 346 valence electrons. The molecule has 15 nitrogen and oxygen atoms in total. The second-order valence-electron chi connectivity index (χ2n) is 16.9. The number of nitrogens with zero attached hydrogens (tertiary/aromatic N) is 5. The maximum Gasteiger partial charge on any atom is 0.437 e. The molecule has 6 amide bonds. The van der Waals surface area contributed by atoms with Gasteiger partial charge >= 0.3 is 24.2 Å². The third kappa shape index (κ3) is 13.3. The Morgan fingerprint density at radius 1 is 0.606 bits per heavy atom. The van der Waals surface area contributed by atoms with Crippen LogP contribution in [0.2, 0.25) is 0 Å². The van der Waals surface area contributed by atoms with Crippen LogP contribution in [0.3, 0.4) is 0 Å². The Balaban J connectivity index is 0.977. The second kappa shape index (κ2) is 23.8. The molecule has 0 spiro atoms. The van der Waals surface area contributed by atoms with Gasteiger partial charge in [0.15, 0.2) is 6.04 Å². The van der Waals surface area contributed by atoms with Crippen LogP contribution >= 0.6 is 0 Å². The summed E-state index contributed by atoms with van der Waals surface area (Å²) >= 11 is 0. The van der Waals surface area contributed by atoms with Gasteiger partial charge in [0.25, 0.3) is 0 Å². The number of imide groups is 1. The van der Waals surface area contributed by atoms with Crippen LogP contribution < -0.4 is 5.32 Å². The lowest BCUT2D eigenvalue weighted by Gasteiger charge is -2.48. The molecule has 4 aromatic rings. The van der Waals surface area contributed by atoms with Crippen LogP contribution in [0.25, 0.3) is 0 Å². The van der Waals surface area contributed by atoms with Gasteiger partial charge in [0, 0.05) is 45.7 Å². The number of benzene rings is 4. The number of rotatable bonds is 15. The first-order valence-corrected chi connectivity index (χ1v) is 22.9. The molecule has 0 aromatic heterocycles. The highest BCUT2D eigenvalue weighted by atomic mass is 16.6. The van der Waals surface area contributed by atoms with E-state index in [0.29, 0.717) is 38.9 Å². The number of amides is 6. The van der Waals surface area contributed by atoms with E-state index in [1.807, 2.05) is 109 Å². The van der Waals surface area contributed by atoms with E-state index in [1.54, 1.807) is 9.80 Å². The van der Waals surface area contributed by atoms with E-state index >= 15 is 0 Å². The number of piperazine rings is 1. The van der Waals surface area contributed by atoms with Gasteiger partial charge in [0.2, 0.25) is 17.8 Å². The smallest absolute Gasteiger partial charge is 0.437 e. The molecule has 4 aromatic carbocycles. The molecule has 0 aliphatic carbocycles. The lowest BCUT2D eigenvalue weighted by atomic mass is 9.78. The van der Waals surface area contributed by atoms with E-state index in [4.69, 9.17) is 14.2 Å². The molecule has 3 atom stereocenters. The fourth-order valence-electron chi connectivity index (χ4n) is 8.63. The first-order chi connectivity index (χ1) is 32.2. The lowest BCUT2D eigenvalue weighted by Crippen LogP contribution is -2.70. The van der Waals surface area contributed by atoms with Crippen molar-refractivity contribution in [2.45, 2.75) is 77.2 Å². The van der Waals surface area contributed by atoms with Crippen molar-refractivity contribution in [3.63, 3.8) is 0 Å². The van der Waals surface area contributed by atoms with Crippen LogP contribution in [0.15, 0.2) is 126 Å². The van der Waals surface area contributed by atoms with E-state index < -0.39 is 42.1 Å². The molecule has 15 heteroatoms. The van der Waals surface area contributed by atoms with E-state index in [-0.39, 0.29) is 63.7 Å². The van der Waals surface area contributed by atoms with Crippen LogP contribution in [0.5, 0.6) is 0 Å². The predicted molar refractivity (Wildman–Crippen MR) is 245 cm³/mol. The number of unbranched alkanes of at least 4 members (excludes halogenated alkanes) is 2. The van der Waals surface area contributed by atoms with Crippen molar-refractivity contribution < 1.29 is 43.0 Å². The van der Waals surface area contributed by atoms with Crippen molar-refractivity contribution in [1.82, 2.24) is 24.9 Å². The van der Waals surface area contributed by atoms with Gasteiger partial charge < -0.3 is 28.9 Å². The Labute approximate surface area is 385 Å². The summed E-state index contributed by atoms with van der Waals surface area (Å²) < 4.78 is 16.6. The van der Waals surface area contributed by atoms with E-state index in [0.717, 1.165) is 47.3 Å². The fraction of sp³-hybridized carbons (Fsp3) is 0.392. The topological polar surface area (TPSA) is 167 Å². The van der Waals surface area contributed by atoms with Gasteiger partial charge in [-0.2, -0.15) is 0 Å². The number of likely N-dealkylation sites (tertiary alicyclic amines) is 2. The first-order valence-electron chi connectivity index (χ1n) is 22.9. The number of alkyl carbamates (subject to hydrolysis) is 1. The van der Waals surface area contributed by atoms with E-state index in [1.165, 1.54) is 10.5 Å². The Hall–Kier alpha value is -7.03. The number of carbonyl (C=O) groups excluding carboxylic acids is 6. The largest absolute Gasteiger partial charge is 0.459 e. The summed E-state index contributed by atoms with van der Waals surface area (Å²) in [6.07, 6.45) is 3.93. The molecule has 0 bridgehead atoms. The van der Waals surface area contributed by atoms with Crippen molar-refractivity contribution in [3.05, 3.63) is 144 Å². The zero-order valence-electron chi connectivity index (χ0n) is 37.2. The normalized spacial score (nSPS) is 18.5. The Kier molecular flexibility index (Phi) is 16.9. The molecule has 3 unspecified atom stereocenters. The van der Waals surface area contributed by atoms with Gasteiger partial charge in [-0.3, -0.25) is 14.9 Å². The van der Waals surface area contributed by atoms with Crippen LogP contribution in [-0.2, 0) is 54.8 Å². The minimum atomic E-state index is -1.16.